The summed E-state index contributed by atoms with van der Waals surface area (Å²) in [4.78, 5) is 81.6. The van der Waals surface area contributed by atoms with Crippen LogP contribution in [0.5, 0.6) is 0 Å². The van der Waals surface area contributed by atoms with Crippen molar-refractivity contribution < 1.29 is 48.9 Å². The molecular formula is C18H29N5O10. The van der Waals surface area contributed by atoms with Gasteiger partial charge in [-0.3, -0.25) is 28.8 Å². The van der Waals surface area contributed by atoms with E-state index in [0.29, 0.717) is 0 Å². The van der Waals surface area contributed by atoms with Crippen molar-refractivity contribution in [1.29, 1.82) is 0 Å². The molecule has 4 amide bonds. The normalized spacial score (nSPS) is 14.3. The average molecular weight is 475 g/mol. The van der Waals surface area contributed by atoms with Crippen molar-refractivity contribution in [1.82, 2.24) is 16.0 Å². The maximum Gasteiger partial charge on any atom is 0.326 e. The fourth-order valence-electron chi connectivity index (χ4n) is 2.59. The predicted molar refractivity (Wildman–Crippen MR) is 109 cm³/mol. The molecule has 0 rings (SSSR count). The number of hydrogen-bond donors (Lipinski definition) is 8. The van der Waals surface area contributed by atoms with Crippen LogP contribution in [0.15, 0.2) is 0 Å². The summed E-state index contributed by atoms with van der Waals surface area (Å²) in [5, 5.41) is 33.2. The number of amides is 4. The molecule has 0 aliphatic carbocycles. The van der Waals surface area contributed by atoms with Crippen LogP contribution in [0.1, 0.15) is 39.5 Å². The van der Waals surface area contributed by atoms with Crippen molar-refractivity contribution in [3.8, 4) is 0 Å². The SMILES string of the molecule is CC(C)CC(NC(=O)C(CC(=O)O)NC(=O)C(CC(N)=O)NC(=O)C(N)CC(=O)O)C(=O)O. The summed E-state index contributed by atoms with van der Waals surface area (Å²) in [6.07, 6.45) is -2.48. The van der Waals surface area contributed by atoms with Gasteiger partial charge in [0.25, 0.3) is 0 Å². The summed E-state index contributed by atoms with van der Waals surface area (Å²) in [7, 11) is 0. The minimum absolute atomic E-state index is 0.0244. The first-order valence-corrected chi connectivity index (χ1v) is 9.75. The van der Waals surface area contributed by atoms with Gasteiger partial charge in [-0.05, 0) is 12.3 Å². The second kappa shape index (κ2) is 13.6. The number of carbonyl (C=O) groups is 7. The maximum atomic E-state index is 12.6. The minimum Gasteiger partial charge on any atom is -0.481 e. The maximum absolute atomic E-state index is 12.6. The number of carboxylic acids is 3. The van der Waals surface area contributed by atoms with Crippen LogP contribution in [0.2, 0.25) is 0 Å². The van der Waals surface area contributed by atoms with E-state index in [1.54, 1.807) is 13.8 Å². The van der Waals surface area contributed by atoms with E-state index in [2.05, 4.69) is 5.32 Å². The van der Waals surface area contributed by atoms with Gasteiger partial charge in [0.05, 0.1) is 25.3 Å². The highest BCUT2D eigenvalue weighted by atomic mass is 16.4. The molecule has 4 atom stereocenters. The second-order valence-corrected chi connectivity index (χ2v) is 7.62. The number of carboxylic acid groups (broad SMARTS) is 3. The standard InChI is InChI=1S/C18H29N5O10/c1-7(2)3-11(18(32)33)23-17(31)10(6-14(27)28)22-16(30)9(5-12(20)24)21-15(29)8(19)4-13(25)26/h7-11H,3-6,19H2,1-2H3,(H2,20,24)(H,21,29)(H,22,30)(H,23,31)(H,25,26)(H,27,28)(H,32,33). The third kappa shape index (κ3) is 12.0. The molecule has 33 heavy (non-hydrogen) atoms. The number of nitrogens with two attached hydrogens (primary N) is 2. The highest BCUT2D eigenvalue weighted by molar-refractivity contribution is 5.97. The van der Waals surface area contributed by atoms with Crippen LogP contribution in [-0.4, -0.2) is 81.0 Å². The summed E-state index contributed by atoms with van der Waals surface area (Å²) in [6, 6.07) is -6.40. The van der Waals surface area contributed by atoms with E-state index in [4.69, 9.17) is 21.7 Å². The lowest BCUT2D eigenvalue weighted by atomic mass is 10.0. The molecule has 4 unspecified atom stereocenters. The topological polar surface area (TPSA) is 268 Å². The van der Waals surface area contributed by atoms with Crippen molar-refractivity contribution in [3.63, 3.8) is 0 Å². The molecule has 0 fully saturated rings. The predicted octanol–water partition coefficient (Wildman–Crippen LogP) is -3.28. The fraction of sp³-hybridized carbons (Fsp3) is 0.611. The van der Waals surface area contributed by atoms with E-state index in [1.165, 1.54) is 0 Å². The highest BCUT2D eigenvalue weighted by Crippen LogP contribution is 2.06. The summed E-state index contributed by atoms with van der Waals surface area (Å²) in [5.74, 6) is -8.89. The van der Waals surface area contributed by atoms with Crippen molar-refractivity contribution in [2.45, 2.75) is 63.7 Å². The number of hydrogen-bond acceptors (Lipinski definition) is 8. The first-order valence-electron chi connectivity index (χ1n) is 9.75. The first kappa shape index (κ1) is 29.2. The van der Waals surface area contributed by atoms with Gasteiger partial charge >= 0.3 is 17.9 Å². The molecule has 0 saturated carbocycles. The average Bonchev–Trinajstić information content (AvgIpc) is 2.64. The van der Waals surface area contributed by atoms with E-state index in [0.717, 1.165) is 0 Å². The van der Waals surface area contributed by atoms with Gasteiger partial charge in [0, 0.05) is 0 Å². The Morgan fingerprint density at radius 1 is 0.697 bits per heavy atom. The molecule has 10 N–H and O–H groups in total. The van der Waals surface area contributed by atoms with Gasteiger partial charge in [-0.1, -0.05) is 13.8 Å². The van der Waals surface area contributed by atoms with Gasteiger partial charge in [-0.15, -0.1) is 0 Å². The number of primary amides is 1. The first-order chi connectivity index (χ1) is 15.1. The monoisotopic (exact) mass is 475 g/mol. The summed E-state index contributed by atoms with van der Waals surface area (Å²) < 4.78 is 0. The summed E-state index contributed by atoms with van der Waals surface area (Å²) in [5.41, 5.74) is 10.4. The molecule has 0 bridgehead atoms. The van der Waals surface area contributed by atoms with Gasteiger partial charge in [0.1, 0.15) is 18.1 Å². The smallest absolute Gasteiger partial charge is 0.326 e. The van der Waals surface area contributed by atoms with E-state index in [-0.39, 0.29) is 12.3 Å². The molecule has 0 heterocycles. The molecule has 0 aromatic carbocycles. The molecule has 0 aliphatic heterocycles. The summed E-state index contributed by atoms with van der Waals surface area (Å²) in [6.45, 7) is 3.40. The summed E-state index contributed by atoms with van der Waals surface area (Å²) >= 11 is 0. The van der Waals surface area contributed by atoms with Crippen molar-refractivity contribution >= 4 is 41.5 Å². The van der Waals surface area contributed by atoms with Gasteiger partial charge in [-0.2, -0.15) is 0 Å². The number of rotatable bonds is 15. The Morgan fingerprint density at radius 3 is 1.52 bits per heavy atom. The second-order valence-electron chi connectivity index (χ2n) is 7.62. The Morgan fingerprint density at radius 2 is 1.12 bits per heavy atom. The van der Waals surface area contributed by atoms with Gasteiger partial charge in [-0.25, -0.2) is 4.79 Å². The van der Waals surface area contributed by atoms with Gasteiger partial charge in [0.2, 0.25) is 23.6 Å². The number of nitrogens with one attached hydrogen (secondary N) is 3. The lowest BCUT2D eigenvalue weighted by Gasteiger charge is -2.24. The van der Waals surface area contributed by atoms with Crippen LogP contribution < -0.4 is 27.4 Å². The Balaban J connectivity index is 5.56. The van der Waals surface area contributed by atoms with Crippen molar-refractivity contribution in [2.24, 2.45) is 17.4 Å². The highest BCUT2D eigenvalue weighted by Gasteiger charge is 2.32. The molecule has 15 nitrogen and oxygen atoms in total. The van der Waals surface area contributed by atoms with Crippen LogP contribution in [0.3, 0.4) is 0 Å². The molecular weight excluding hydrogens is 446 g/mol. The van der Waals surface area contributed by atoms with Crippen LogP contribution in [0, 0.1) is 5.92 Å². The molecule has 0 aromatic heterocycles. The lowest BCUT2D eigenvalue weighted by molar-refractivity contribution is -0.144. The Labute approximate surface area is 188 Å². The zero-order valence-electron chi connectivity index (χ0n) is 18.1. The third-order valence-electron chi connectivity index (χ3n) is 4.10. The fourth-order valence-corrected chi connectivity index (χ4v) is 2.59. The van der Waals surface area contributed by atoms with Crippen molar-refractivity contribution in [2.75, 3.05) is 0 Å². The van der Waals surface area contributed by atoms with Gasteiger partial charge in [0.15, 0.2) is 0 Å². The van der Waals surface area contributed by atoms with Crippen molar-refractivity contribution in [3.05, 3.63) is 0 Å². The van der Waals surface area contributed by atoms with E-state index in [1.807, 2.05) is 10.6 Å². The molecule has 186 valence electrons. The zero-order chi connectivity index (χ0) is 25.9. The zero-order valence-corrected chi connectivity index (χ0v) is 18.1. The van der Waals surface area contributed by atoms with E-state index < -0.39 is 85.0 Å². The molecule has 0 radical (unpaired) electrons. The Bertz CT molecular complexity index is 785. The van der Waals surface area contributed by atoms with E-state index in [9.17, 15) is 38.7 Å². The van der Waals surface area contributed by atoms with Crippen LogP contribution in [-0.2, 0) is 33.6 Å². The molecule has 0 aliphatic rings. The lowest BCUT2D eigenvalue weighted by Crippen LogP contribution is -2.58. The molecule has 0 saturated heterocycles. The number of aliphatic carboxylic acids is 3. The molecule has 0 spiro atoms. The van der Waals surface area contributed by atoms with Crippen LogP contribution >= 0.6 is 0 Å². The van der Waals surface area contributed by atoms with Gasteiger partial charge < -0.3 is 42.7 Å². The largest absolute Gasteiger partial charge is 0.481 e. The van der Waals surface area contributed by atoms with E-state index >= 15 is 0 Å². The number of carbonyl (C=O) groups excluding carboxylic acids is 4. The van der Waals surface area contributed by atoms with Crippen LogP contribution in [0.4, 0.5) is 0 Å². The molecule has 15 heteroatoms. The Hall–Kier alpha value is -3.75. The minimum atomic E-state index is -1.76. The quantitative estimate of drug-likeness (QED) is 0.116. The van der Waals surface area contributed by atoms with Crippen LogP contribution in [0.25, 0.3) is 0 Å². The molecule has 0 aromatic rings. The Kier molecular flexibility index (Phi) is 12.1. The third-order valence-corrected chi connectivity index (χ3v) is 4.10.